The van der Waals surface area contributed by atoms with Crippen molar-refractivity contribution in [2.75, 3.05) is 18.9 Å². The number of benzene rings is 1. The Hall–Kier alpha value is -0.590. The van der Waals surface area contributed by atoms with E-state index in [1.54, 1.807) is 19.1 Å². The minimum absolute atomic E-state index is 0.0160. The van der Waals surface area contributed by atoms with Crippen LogP contribution >= 0.6 is 15.9 Å². The van der Waals surface area contributed by atoms with Gasteiger partial charge in [0.15, 0.2) is 9.84 Å². The summed E-state index contributed by atoms with van der Waals surface area (Å²) in [7, 11) is -3.15. The van der Waals surface area contributed by atoms with Crippen LogP contribution in [0.5, 0.6) is 5.75 Å². The first-order chi connectivity index (χ1) is 7.95. The van der Waals surface area contributed by atoms with Crippen molar-refractivity contribution < 1.29 is 13.2 Å². The van der Waals surface area contributed by atoms with Crippen LogP contribution in [-0.4, -0.2) is 32.6 Å². The standard InChI is InChI=1S/C11H16BrNO3S/c1-9(8-13)17(14,15)6-5-16-11-4-2-3-10(12)7-11/h2-4,7,9H,5-6,8,13H2,1H3. The van der Waals surface area contributed by atoms with Gasteiger partial charge < -0.3 is 10.5 Å². The zero-order valence-electron chi connectivity index (χ0n) is 9.60. The first kappa shape index (κ1) is 14.5. The maximum atomic E-state index is 11.6. The summed E-state index contributed by atoms with van der Waals surface area (Å²) >= 11 is 3.31. The molecule has 96 valence electrons. The molecule has 4 nitrogen and oxygen atoms in total. The Morgan fingerprint density at radius 1 is 1.47 bits per heavy atom. The molecule has 0 radical (unpaired) electrons. The van der Waals surface area contributed by atoms with Gasteiger partial charge in [0.25, 0.3) is 0 Å². The highest BCUT2D eigenvalue weighted by Gasteiger charge is 2.18. The molecule has 0 aromatic heterocycles. The molecule has 0 saturated heterocycles. The Morgan fingerprint density at radius 2 is 2.18 bits per heavy atom. The number of rotatable bonds is 6. The van der Waals surface area contributed by atoms with Crippen LogP contribution in [0.15, 0.2) is 28.7 Å². The normalized spacial score (nSPS) is 13.4. The lowest BCUT2D eigenvalue weighted by molar-refractivity contribution is 0.340. The molecule has 6 heteroatoms. The minimum atomic E-state index is -3.15. The Bertz CT molecular complexity index is 462. The van der Waals surface area contributed by atoms with Gasteiger partial charge in [-0.05, 0) is 25.1 Å². The highest BCUT2D eigenvalue weighted by Crippen LogP contribution is 2.17. The Balaban J connectivity index is 2.48. The first-order valence-corrected chi connectivity index (χ1v) is 7.76. The van der Waals surface area contributed by atoms with E-state index in [0.717, 1.165) is 4.47 Å². The molecule has 0 aliphatic heterocycles. The van der Waals surface area contributed by atoms with Gasteiger partial charge in [-0.2, -0.15) is 0 Å². The van der Waals surface area contributed by atoms with E-state index >= 15 is 0 Å². The van der Waals surface area contributed by atoms with E-state index in [1.165, 1.54) is 0 Å². The number of ether oxygens (including phenoxy) is 1. The highest BCUT2D eigenvalue weighted by atomic mass is 79.9. The van der Waals surface area contributed by atoms with Crippen LogP contribution < -0.4 is 10.5 Å². The summed E-state index contributed by atoms with van der Waals surface area (Å²) in [6.45, 7) is 1.89. The van der Waals surface area contributed by atoms with Crippen LogP contribution in [0.3, 0.4) is 0 Å². The summed E-state index contributed by atoms with van der Waals surface area (Å²) in [5, 5.41) is -0.520. The zero-order chi connectivity index (χ0) is 12.9. The molecular weight excluding hydrogens is 306 g/mol. The van der Waals surface area contributed by atoms with Gasteiger partial charge in [-0.25, -0.2) is 8.42 Å². The molecule has 1 unspecified atom stereocenters. The van der Waals surface area contributed by atoms with Gasteiger partial charge in [-0.15, -0.1) is 0 Å². The molecule has 1 aromatic rings. The van der Waals surface area contributed by atoms with Gasteiger partial charge in [0.1, 0.15) is 12.4 Å². The third-order valence-corrected chi connectivity index (χ3v) is 5.03. The fraction of sp³-hybridized carbons (Fsp3) is 0.455. The SMILES string of the molecule is CC(CN)S(=O)(=O)CCOc1cccc(Br)c1. The summed E-state index contributed by atoms with van der Waals surface area (Å²) in [6, 6.07) is 7.28. The number of hydrogen-bond acceptors (Lipinski definition) is 4. The highest BCUT2D eigenvalue weighted by molar-refractivity contribution is 9.10. The molecule has 0 saturated carbocycles. The van der Waals surface area contributed by atoms with Crippen LogP contribution in [0.2, 0.25) is 0 Å². The maximum absolute atomic E-state index is 11.6. The van der Waals surface area contributed by atoms with Gasteiger partial charge in [-0.1, -0.05) is 22.0 Å². The molecule has 17 heavy (non-hydrogen) atoms. The van der Waals surface area contributed by atoms with Gasteiger partial charge in [0.2, 0.25) is 0 Å². The smallest absolute Gasteiger partial charge is 0.157 e. The predicted molar refractivity (Wildman–Crippen MR) is 71.9 cm³/mol. The topological polar surface area (TPSA) is 69.4 Å². The van der Waals surface area contributed by atoms with Crippen molar-refractivity contribution in [3.8, 4) is 5.75 Å². The fourth-order valence-corrected chi connectivity index (χ4v) is 2.57. The average molecular weight is 322 g/mol. The predicted octanol–water partition coefficient (Wildman–Crippen LogP) is 1.59. The zero-order valence-corrected chi connectivity index (χ0v) is 12.0. The lowest BCUT2D eigenvalue weighted by Gasteiger charge is -2.11. The molecule has 0 amide bonds. The van der Waals surface area contributed by atoms with E-state index in [1.807, 2.05) is 12.1 Å². The van der Waals surface area contributed by atoms with Crippen molar-refractivity contribution in [2.45, 2.75) is 12.2 Å². The number of sulfone groups is 1. The second kappa shape index (κ2) is 6.37. The molecule has 0 spiro atoms. The minimum Gasteiger partial charge on any atom is -0.492 e. The van der Waals surface area contributed by atoms with Crippen molar-refractivity contribution in [1.82, 2.24) is 0 Å². The Kier molecular flexibility index (Phi) is 5.42. The van der Waals surface area contributed by atoms with Crippen molar-refractivity contribution in [1.29, 1.82) is 0 Å². The summed E-state index contributed by atoms with van der Waals surface area (Å²) in [5.74, 6) is 0.632. The third-order valence-electron chi connectivity index (χ3n) is 2.38. The second-order valence-corrected chi connectivity index (χ2v) is 7.17. The Morgan fingerprint density at radius 3 is 2.76 bits per heavy atom. The number of hydrogen-bond donors (Lipinski definition) is 1. The molecule has 1 rings (SSSR count). The second-order valence-electron chi connectivity index (χ2n) is 3.72. The van der Waals surface area contributed by atoms with Crippen molar-refractivity contribution >= 4 is 25.8 Å². The van der Waals surface area contributed by atoms with Crippen LogP contribution in [0, 0.1) is 0 Å². The van der Waals surface area contributed by atoms with Gasteiger partial charge >= 0.3 is 0 Å². The summed E-state index contributed by atoms with van der Waals surface area (Å²) in [6.07, 6.45) is 0. The van der Waals surface area contributed by atoms with Crippen LogP contribution in [0.25, 0.3) is 0 Å². The van der Waals surface area contributed by atoms with E-state index in [9.17, 15) is 8.42 Å². The number of nitrogens with two attached hydrogens (primary N) is 1. The lowest BCUT2D eigenvalue weighted by atomic mass is 10.3. The van der Waals surface area contributed by atoms with Crippen LogP contribution in [0.4, 0.5) is 0 Å². The van der Waals surface area contributed by atoms with Crippen LogP contribution in [0.1, 0.15) is 6.92 Å². The molecule has 1 aromatic carbocycles. The van der Waals surface area contributed by atoms with Gasteiger partial charge in [-0.3, -0.25) is 0 Å². The summed E-state index contributed by atoms with van der Waals surface area (Å²) < 4.78 is 29.6. The largest absolute Gasteiger partial charge is 0.492 e. The molecule has 0 aliphatic carbocycles. The molecule has 0 bridgehead atoms. The molecule has 0 aliphatic rings. The molecule has 0 heterocycles. The van der Waals surface area contributed by atoms with Gasteiger partial charge in [0.05, 0.1) is 11.0 Å². The van der Waals surface area contributed by atoms with Crippen molar-refractivity contribution in [3.05, 3.63) is 28.7 Å². The summed E-state index contributed by atoms with van der Waals surface area (Å²) in [4.78, 5) is 0. The van der Waals surface area contributed by atoms with Gasteiger partial charge in [0, 0.05) is 11.0 Å². The van der Waals surface area contributed by atoms with E-state index < -0.39 is 15.1 Å². The molecular formula is C11H16BrNO3S. The van der Waals surface area contributed by atoms with E-state index in [0.29, 0.717) is 5.75 Å². The van der Waals surface area contributed by atoms with Crippen molar-refractivity contribution in [3.63, 3.8) is 0 Å². The lowest BCUT2D eigenvalue weighted by Crippen LogP contribution is -2.30. The van der Waals surface area contributed by atoms with E-state index in [-0.39, 0.29) is 18.9 Å². The Labute approximate surface area is 110 Å². The number of halogens is 1. The van der Waals surface area contributed by atoms with Crippen LogP contribution in [-0.2, 0) is 9.84 Å². The summed E-state index contributed by atoms with van der Waals surface area (Å²) in [5.41, 5.74) is 5.33. The molecule has 0 fully saturated rings. The third kappa shape index (κ3) is 4.65. The van der Waals surface area contributed by atoms with E-state index in [4.69, 9.17) is 10.5 Å². The van der Waals surface area contributed by atoms with Crippen molar-refractivity contribution in [2.24, 2.45) is 5.73 Å². The fourth-order valence-electron chi connectivity index (χ4n) is 1.18. The van der Waals surface area contributed by atoms with E-state index in [2.05, 4.69) is 15.9 Å². The quantitative estimate of drug-likeness (QED) is 0.863. The average Bonchev–Trinajstić information content (AvgIpc) is 2.27. The monoisotopic (exact) mass is 321 g/mol. The maximum Gasteiger partial charge on any atom is 0.157 e. The molecule has 2 N–H and O–H groups in total. The molecule has 1 atom stereocenters. The first-order valence-electron chi connectivity index (χ1n) is 5.25.